The molecular weight excluding hydrogens is 232 g/mol. The van der Waals surface area contributed by atoms with Gasteiger partial charge >= 0.3 is 0 Å². The van der Waals surface area contributed by atoms with Gasteiger partial charge in [-0.05, 0) is 31.6 Å². The predicted octanol–water partition coefficient (Wildman–Crippen LogP) is 2.58. The van der Waals surface area contributed by atoms with Crippen molar-refractivity contribution in [1.29, 1.82) is 0 Å². The second kappa shape index (κ2) is 4.58. The quantitative estimate of drug-likeness (QED) is 0.894. The van der Waals surface area contributed by atoms with Crippen molar-refractivity contribution >= 4 is 16.5 Å². The first-order valence-electron chi connectivity index (χ1n) is 6.68. The van der Waals surface area contributed by atoms with Crippen molar-refractivity contribution in [1.82, 2.24) is 4.98 Å². The zero-order valence-electron chi connectivity index (χ0n) is 10.4. The molecule has 2 aliphatic rings. The average molecular weight is 252 g/mol. The topological polar surface area (TPSA) is 36.4 Å². The molecule has 3 nitrogen and oxygen atoms in total. The van der Waals surface area contributed by atoms with Crippen LogP contribution in [0.2, 0.25) is 0 Å². The third-order valence-corrected chi connectivity index (χ3v) is 5.17. The number of thiazole rings is 1. The van der Waals surface area contributed by atoms with Gasteiger partial charge in [-0.3, -0.25) is 0 Å². The van der Waals surface area contributed by atoms with E-state index in [0.29, 0.717) is 0 Å². The third-order valence-electron chi connectivity index (χ3n) is 4.05. The number of hydrogen-bond acceptors (Lipinski definition) is 4. The Kier molecular flexibility index (Phi) is 3.09. The minimum atomic E-state index is 0.148. The van der Waals surface area contributed by atoms with Crippen LogP contribution in [0.5, 0.6) is 0 Å². The number of anilines is 1. The molecule has 2 heterocycles. The second-order valence-corrected chi connectivity index (χ2v) is 6.32. The predicted molar refractivity (Wildman–Crippen MR) is 70.5 cm³/mol. The highest BCUT2D eigenvalue weighted by atomic mass is 32.1. The molecule has 1 saturated heterocycles. The largest absolute Gasteiger partial charge is 0.391 e. The van der Waals surface area contributed by atoms with Gasteiger partial charge in [0.2, 0.25) is 0 Å². The van der Waals surface area contributed by atoms with Crippen LogP contribution >= 0.6 is 11.3 Å². The standard InChI is InChI=1S/C13H20N2OS/c1-2-3-11-12(8-16)17-13(14-11)15-7-9-4-5-10(15)6-9/h9-10,16H,2-8H2,1H3. The summed E-state index contributed by atoms with van der Waals surface area (Å²) in [5.41, 5.74) is 1.12. The SMILES string of the molecule is CCCc1nc(N2CC3CCC2C3)sc1CO. The van der Waals surface area contributed by atoms with Gasteiger partial charge < -0.3 is 10.0 Å². The molecule has 1 N–H and O–H groups in total. The maximum Gasteiger partial charge on any atom is 0.186 e. The molecule has 2 unspecified atom stereocenters. The Morgan fingerprint density at radius 3 is 2.94 bits per heavy atom. The van der Waals surface area contributed by atoms with Gasteiger partial charge in [0.15, 0.2) is 5.13 Å². The summed E-state index contributed by atoms with van der Waals surface area (Å²) in [6.07, 6.45) is 6.19. The van der Waals surface area contributed by atoms with Crippen molar-refractivity contribution in [3.63, 3.8) is 0 Å². The number of aryl methyl sites for hydroxylation is 1. The molecule has 1 saturated carbocycles. The van der Waals surface area contributed by atoms with Crippen LogP contribution in [0.1, 0.15) is 43.2 Å². The van der Waals surface area contributed by atoms with Gasteiger partial charge in [-0.2, -0.15) is 0 Å². The molecule has 1 aromatic rings. The Balaban J connectivity index is 1.83. The lowest BCUT2D eigenvalue weighted by atomic mass is 10.1. The van der Waals surface area contributed by atoms with E-state index in [9.17, 15) is 5.11 Å². The fourth-order valence-electron chi connectivity index (χ4n) is 3.21. The van der Waals surface area contributed by atoms with Gasteiger partial charge in [-0.15, -0.1) is 0 Å². The molecule has 0 aromatic carbocycles. The summed E-state index contributed by atoms with van der Waals surface area (Å²) in [6, 6.07) is 0.729. The fraction of sp³-hybridized carbons (Fsp3) is 0.769. The van der Waals surface area contributed by atoms with Crippen molar-refractivity contribution in [2.24, 2.45) is 5.92 Å². The summed E-state index contributed by atoms with van der Waals surface area (Å²) in [4.78, 5) is 8.31. The molecule has 94 valence electrons. The van der Waals surface area contributed by atoms with Crippen molar-refractivity contribution in [2.75, 3.05) is 11.4 Å². The van der Waals surface area contributed by atoms with E-state index in [-0.39, 0.29) is 6.61 Å². The summed E-state index contributed by atoms with van der Waals surface area (Å²) in [6.45, 7) is 3.50. The van der Waals surface area contributed by atoms with Gasteiger partial charge in [0.1, 0.15) is 0 Å². The van der Waals surface area contributed by atoms with Crippen molar-refractivity contribution < 1.29 is 5.11 Å². The molecule has 0 radical (unpaired) electrons. The molecule has 0 amide bonds. The number of hydrogen-bond donors (Lipinski definition) is 1. The van der Waals surface area contributed by atoms with E-state index in [2.05, 4.69) is 11.8 Å². The molecule has 4 heteroatoms. The average Bonchev–Trinajstić information content (AvgIpc) is 3.02. The highest BCUT2D eigenvalue weighted by molar-refractivity contribution is 7.15. The molecule has 0 spiro atoms. The number of fused-ring (bicyclic) bond motifs is 2. The van der Waals surface area contributed by atoms with Crippen molar-refractivity contribution in [2.45, 2.75) is 51.7 Å². The van der Waals surface area contributed by atoms with Crippen LogP contribution in [-0.4, -0.2) is 22.7 Å². The van der Waals surface area contributed by atoms with Crippen LogP contribution in [0.15, 0.2) is 0 Å². The van der Waals surface area contributed by atoms with Crippen molar-refractivity contribution in [3.8, 4) is 0 Å². The van der Waals surface area contributed by atoms with Gasteiger partial charge in [0.05, 0.1) is 17.2 Å². The maximum atomic E-state index is 9.38. The van der Waals surface area contributed by atoms with E-state index in [1.807, 2.05) is 0 Å². The number of rotatable bonds is 4. The van der Waals surface area contributed by atoms with Gasteiger partial charge in [0, 0.05) is 12.6 Å². The number of aliphatic hydroxyl groups is 1. The Bertz CT molecular complexity index is 404. The van der Waals surface area contributed by atoms with Crippen molar-refractivity contribution in [3.05, 3.63) is 10.6 Å². The first-order chi connectivity index (χ1) is 8.31. The van der Waals surface area contributed by atoms with E-state index in [1.165, 1.54) is 25.8 Å². The van der Waals surface area contributed by atoms with Crippen LogP contribution in [0, 0.1) is 5.92 Å². The molecule has 2 bridgehead atoms. The van der Waals surface area contributed by atoms with E-state index in [1.54, 1.807) is 11.3 Å². The lowest BCUT2D eigenvalue weighted by molar-refractivity contribution is 0.284. The van der Waals surface area contributed by atoms with E-state index < -0.39 is 0 Å². The number of aromatic nitrogens is 1. The molecule has 1 aliphatic carbocycles. The summed E-state index contributed by atoms with van der Waals surface area (Å²) in [5, 5.41) is 10.5. The van der Waals surface area contributed by atoms with E-state index >= 15 is 0 Å². The Morgan fingerprint density at radius 2 is 2.35 bits per heavy atom. The van der Waals surface area contributed by atoms with Crippen LogP contribution in [0.25, 0.3) is 0 Å². The van der Waals surface area contributed by atoms with Crippen LogP contribution in [0.4, 0.5) is 5.13 Å². The summed E-state index contributed by atoms with van der Waals surface area (Å²) in [7, 11) is 0. The first kappa shape index (κ1) is 11.5. The lowest BCUT2D eigenvalue weighted by Gasteiger charge is -2.26. The Morgan fingerprint density at radius 1 is 1.47 bits per heavy atom. The Hall–Kier alpha value is -0.610. The van der Waals surface area contributed by atoms with Gasteiger partial charge in [-0.1, -0.05) is 24.7 Å². The normalized spacial score (nSPS) is 27.1. The van der Waals surface area contributed by atoms with Gasteiger partial charge in [0.25, 0.3) is 0 Å². The molecule has 17 heavy (non-hydrogen) atoms. The smallest absolute Gasteiger partial charge is 0.186 e. The number of aliphatic hydroxyl groups excluding tert-OH is 1. The second-order valence-electron chi connectivity index (χ2n) is 5.26. The summed E-state index contributed by atoms with van der Waals surface area (Å²) >= 11 is 1.70. The van der Waals surface area contributed by atoms with Crippen LogP contribution < -0.4 is 4.90 Å². The van der Waals surface area contributed by atoms with E-state index in [4.69, 9.17) is 4.98 Å². The number of piperidine rings is 1. The zero-order chi connectivity index (χ0) is 11.8. The van der Waals surface area contributed by atoms with Crippen LogP contribution in [0.3, 0.4) is 0 Å². The maximum absolute atomic E-state index is 9.38. The summed E-state index contributed by atoms with van der Waals surface area (Å²) < 4.78 is 0. The molecule has 2 atom stereocenters. The highest BCUT2D eigenvalue weighted by Crippen LogP contribution is 2.42. The molecular formula is C13H20N2OS. The molecule has 1 aliphatic heterocycles. The minimum absolute atomic E-state index is 0.148. The summed E-state index contributed by atoms with van der Waals surface area (Å²) in [5.74, 6) is 0.899. The fourth-order valence-corrected chi connectivity index (χ4v) is 4.25. The Labute approximate surface area is 106 Å². The third kappa shape index (κ3) is 1.97. The molecule has 2 fully saturated rings. The lowest BCUT2D eigenvalue weighted by Crippen LogP contribution is -2.31. The van der Waals surface area contributed by atoms with Gasteiger partial charge in [-0.25, -0.2) is 4.98 Å². The monoisotopic (exact) mass is 252 g/mol. The number of nitrogens with zero attached hydrogens (tertiary/aromatic N) is 2. The van der Waals surface area contributed by atoms with Crippen LogP contribution in [-0.2, 0) is 13.0 Å². The highest BCUT2D eigenvalue weighted by Gasteiger charge is 2.39. The first-order valence-corrected chi connectivity index (χ1v) is 7.49. The van der Waals surface area contributed by atoms with E-state index in [0.717, 1.165) is 40.5 Å². The minimum Gasteiger partial charge on any atom is -0.391 e. The zero-order valence-corrected chi connectivity index (χ0v) is 11.2. The molecule has 1 aromatic heterocycles. The molecule has 3 rings (SSSR count).